The van der Waals surface area contributed by atoms with Crippen molar-refractivity contribution in [2.24, 2.45) is 0 Å². The van der Waals surface area contributed by atoms with Gasteiger partial charge < -0.3 is 14.6 Å². The molecule has 8 nitrogen and oxygen atoms in total. The molecule has 3 aromatic rings. The molecule has 8 heteroatoms. The van der Waals surface area contributed by atoms with Gasteiger partial charge in [0.25, 0.3) is 0 Å². The third kappa shape index (κ3) is 4.60. The van der Waals surface area contributed by atoms with Crippen LogP contribution in [0.2, 0.25) is 0 Å². The van der Waals surface area contributed by atoms with Crippen LogP contribution in [0, 0.1) is 0 Å². The summed E-state index contributed by atoms with van der Waals surface area (Å²) < 4.78 is 6.93. The van der Waals surface area contributed by atoms with E-state index in [1.807, 2.05) is 42.2 Å². The summed E-state index contributed by atoms with van der Waals surface area (Å²) in [4.78, 5) is 40.8. The van der Waals surface area contributed by atoms with Crippen LogP contribution in [0.25, 0.3) is 11.1 Å². The molecule has 2 heterocycles. The standard InChI is InChI=1S/C24H28N4O4/c1-3-11-28-20-10-9-19(14-22(20)32-24(28)31)25-23(30)16-26-12-13-27(17(2)29)21(15-26)18-7-5-4-6-8-18/h4-10,14,21H,3,11-13,15-16H2,1-2H3,(H,25,30)/t21-/m0/s1. The zero-order valence-corrected chi connectivity index (χ0v) is 18.4. The van der Waals surface area contributed by atoms with Gasteiger partial charge in [-0.3, -0.25) is 19.1 Å². The van der Waals surface area contributed by atoms with Crippen LogP contribution in [0.5, 0.6) is 0 Å². The maximum Gasteiger partial charge on any atom is 0.419 e. The minimum Gasteiger partial charge on any atom is -0.408 e. The number of aromatic nitrogens is 1. The van der Waals surface area contributed by atoms with Crippen LogP contribution in [0.4, 0.5) is 5.69 Å². The number of fused-ring (bicyclic) bond motifs is 1. The van der Waals surface area contributed by atoms with E-state index in [2.05, 4.69) is 10.2 Å². The van der Waals surface area contributed by atoms with Crippen LogP contribution < -0.4 is 11.1 Å². The van der Waals surface area contributed by atoms with Crippen molar-refractivity contribution >= 4 is 28.6 Å². The van der Waals surface area contributed by atoms with Gasteiger partial charge in [0.05, 0.1) is 18.1 Å². The molecule has 168 valence electrons. The number of hydrogen-bond acceptors (Lipinski definition) is 5. The van der Waals surface area contributed by atoms with E-state index in [0.717, 1.165) is 17.5 Å². The van der Waals surface area contributed by atoms with Gasteiger partial charge >= 0.3 is 5.76 Å². The summed E-state index contributed by atoms with van der Waals surface area (Å²) in [6.07, 6.45) is 0.827. The maximum absolute atomic E-state index is 12.7. The number of hydrogen-bond donors (Lipinski definition) is 1. The second kappa shape index (κ2) is 9.40. The van der Waals surface area contributed by atoms with Crippen molar-refractivity contribution in [2.45, 2.75) is 32.9 Å². The van der Waals surface area contributed by atoms with Crippen molar-refractivity contribution < 1.29 is 14.0 Å². The van der Waals surface area contributed by atoms with Gasteiger partial charge in [-0.1, -0.05) is 37.3 Å². The van der Waals surface area contributed by atoms with Crippen molar-refractivity contribution in [1.29, 1.82) is 0 Å². The largest absolute Gasteiger partial charge is 0.419 e. The number of benzene rings is 2. The second-order valence-electron chi connectivity index (χ2n) is 8.12. The lowest BCUT2D eigenvalue weighted by atomic mass is 10.0. The van der Waals surface area contributed by atoms with E-state index < -0.39 is 0 Å². The Hall–Kier alpha value is -3.39. The fourth-order valence-electron chi connectivity index (χ4n) is 4.30. The Morgan fingerprint density at radius 1 is 1.12 bits per heavy atom. The molecule has 1 saturated heterocycles. The lowest BCUT2D eigenvalue weighted by Crippen LogP contribution is -2.51. The highest BCUT2D eigenvalue weighted by molar-refractivity contribution is 5.94. The van der Waals surface area contributed by atoms with E-state index in [1.54, 1.807) is 29.7 Å². The third-order valence-corrected chi connectivity index (χ3v) is 5.82. The Morgan fingerprint density at radius 3 is 2.62 bits per heavy atom. The van der Waals surface area contributed by atoms with E-state index in [0.29, 0.717) is 37.4 Å². The first-order valence-corrected chi connectivity index (χ1v) is 10.9. The SMILES string of the molecule is CCCn1c(=O)oc2cc(NC(=O)CN3CCN(C(C)=O)[C@H](c4ccccc4)C3)ccc21. The van der Waals surface area contributed by atoms with Gasteiger partial charge in [-0.2, -0.15) is 0 Å². The summed E-state index contributed by atoms with van der Waals surface area (Å²) in [5, 5.41) is 2.90. The predicted octanol–water partition coefficient (Wildman–Crippen LogP) is 2.85. The highest BCUT2D eigenvalue weighted by atomic mass is 16.4. The average molecular weight is 437 g/mol. The molecule has 2 amide bonds. The van der Waals surface area contributed by atoms with E-state index in [9.17, 15) is 14.4 Å². The van der Waals surface area contributed by atoms with Crippen molar-refractivity contribution in [3.63, 3.8) is 0 Å². The van der Waals surface area contributed by atoms with Gasteiger partial charge in [-0.25, -0.2) is 4.79 Å². The zero-order chi connectivity index (χ0) is 22.7. The summed E-state index contributed by atoms with van der Waals surface area (Å²) in [6.45, 7) is 6.18. The molecule has 1 aromatic heterocycles. The van der Waals surface area contributed by atoms with E-state index in [1.165, 1.54) is 0 Å². The highest BCUT2D eigenvalue weighted by Crippen LogP contribution is 2.25. The number of piperazine rings is 1. The lowest BCUT2D eigenvalue weighted by Gasteiger charge is -2.41. The first kappa shape index (κ1) is 21.8. The van der Waals surface area contributed by atoms with Crippen LogP contribution in [0.1, 0.15) is 31.9 Å². The number of aryl methyl sites for hydroxylation is 1. The van der Waals surface area contributed by atoms with Crippen LogP contribution in [0.15, 0.2) is 57.7 Å². The van der Waals surface area contributed by atoms with Crippen molar-refractivity contribution in [3.05, 3.63) is 64.6 Å². The van der Waals surface area contributed by atoms with E-state index >= 15 is 0 Å². The molecule has 0 saturated carbocycles. The quantitative estimate of drug-likeness (QED) is 0.642. The number of anilines is 1. The Bertz CT molecular complexity index is 1170. The number of oxazole rings is 1. The van der Waals surface area contributed by atoms with Crippen LogP contribution in [0.3, 0.4) is 0 Å². The minimum atomic E-state index is -0.388. The molecule has 2 aromatic carbocycles. The number of carbonyl (C=O) groups is 2. The van der Waals surface area contributed by atoms with Gasteiger partial charge in [0.1, 0.15) is 0 Å². The molecule has 0 unspecified atom stereocenters. The summed E-state index contributed by atoms with van der Waals surface area (Å²) >= 11 is 0. The number of rotatable bonds is 6. The second-order valence-corrected chi connectivity index (χ2v) is 8.12. The van der Waals surface area contributed by atoms with Gasteiger partial charge in [0, 0.05) is 44.9 Å². The third-order valence-electron chi connectivity index (χ3n) is 5.82. The summed E-state index contributed by atoms with van der Waals surface area (Å²) in [7, 11) is 0. The topological polar surface area (TPSA) is 87.8 Å². The molecule has 1 N–H and O–H groups in total. The Morgan fingerprint density at radius 2 is 1.91 bits per heavy atom. The molecule has 0 radical (unpaired) electrons. The molecular formula is C24H28N4O4. The molecule has 0 bridgehead atoms. The van der Waals surface area contributed by atoms with E-state index in [4.69, 9.17) is 4.42 Å². The normalized spacial score (nSPS) is 16.9. The predicted molar refractivity (Wildman–Crippen MR) is 122 cm³/mol. The fourth-order valence-corrected chi connectivity index (χ4v) is 4.30. The summed E-state index contributed by atoms with van der Waals surface area (Å²) in [5.41, 5.74) is 2.83. The number of amides is 2. The van der Waals surface area contributed by atoms with Gasteiger partial charge in [-0.15, -0.1) is 0 Å². The Labute approximate surface area is 186 Å². The molecule has 4 rings (SSSR count). The molecule has 1 aliphatic heterocycles. The first-order chi connectivity index (χ1) is 15.5. The zero-order valence-electron chi connectivity index (χ0n) is 18.4. The Kier molecular flexibility index (Phi) is 6.41. The number of nitrogens with one attached hydrogen (secondary N) is 1. The molecule has 1 aliphatic rings. The lowest BCUT2D eigenvalue weighted by molar-refractivity contribution is -0.134. The summed E-state index contributed by atoms with van der Waals surface area (Å²) in [6, 6.07) is 15.1. The van der Waals surface area contributed by atoms with Crippen LogP contribution >= 0.6 is 0 Å². The molecule has 0 aliphatic carbocycles. The monoisotopic (exact) mass is 436 g/mol. The van der Waals surface area contributed by atoms with Gasteiger partial charge in [0.2, 0.25) is 11.8 Å². The fraction of sp³-hybridized carbons (Fsp3) is 0.375. The molecular weight excluding hydrogens is 408 g/mol. The smallest absolute Gasteiger partial charge is 0.408 e. The van der Waals surface area contributed by atoms with Crippen molar-refractivity contribution in [1.82, 2.24) is 14.4 Å². The van der Waals surface area contributed by atoms with Gasteiger partial charge in [0.15, 0.2) is 5.58 Å². The number of carbonyl (C=O) groups excluding carboxylic acids is 2. The summed E-state index contributed by atoms with van der Waals surface area (Å²) in [5.74, 6) is -0.504. The minimum absolute atomic E-state index is 0.0350. The molecule has 1 atom stereocenters. The molecule has 0 spiro atoms. The van der Waals surface area contributed by atoms with Crippen LogP contribution in [-0.4, -0.2) is 52.4 Å². The maximum atomic E-state index is 12.7. The Balaban J connectivity index is 1.43. The highest BCUT2D eigenvalue weighted by Gasteiger charge is 2.30. The number of nitrogens with zero attached hydrogens (tertiary/aromatic N) is 3. The molecule has 32 heavy (non-hydrogen) atoms. The van der Waals surface area contributed by atoms with E-state index in [-0.39, 0.29) is 30.2 Å². The van der Waals surface area contributed by atoms with Crippen molar-refractivity contribution in [2.75, 3.05) is 31.5 Å². The molecule has 1 fully saturated rings. The average Bonchev–Trinajstić information content (AvgIpc) is 3.08. The first-order valence-electron chi connectivity index (χ1n) is 10.9. The van der Waals surface area contributed by atoms with Crippen molar-refractivity contribution in [3.8, 4) is 0 Å². The van der Waals surface area contributed by atoms with Crippen LogP contribution in [-0.2, 0) is 16.1 Å². The van der Waals surface area contributed by atoms with Gasteiger partial charge in [-0.05, 0) is 24.1 Å².